The number of carbonyl (C=O) groups is 4. The van der Waals surface area contributed by atoms with Crippen LogP contribution < -0.4 is 10.6 Å². The second kappa shape index (κ2) is 9.47. The molecule has 28 heavy (non-hydrogen) atoms. The number of aryl methyl sites for hydroxylation is 1. The van der Waals surface area contributed by atoms with Crippen molar-refractivity contribution in [1.29, 1.82) is 0 Å². The van der Waals surface area contributed by atoms with Gasteiger partial charge in [0.1, 0.15) is 5.69 Å². The van der Waals surface area contributed by atoms with E-state index in [0.717, 1.165) is 33.6 Å². The molecular formula is C18H18N4O4S2. The van der Waals surface area contributed by atoms with Gasteiger partial charge in [0, 0.05) is 24.9 Å². The Balaban J connectivity index is 1.42. The first-order valence-corrected chi connectivity index (χ1v) is 10.4. The molecule has 1 aromatic carbocycles. The Morgan fingerprint density at radius 1 is 1.18 bits per heavy atom. The van der Waals surface area contributed by atoms with E-state index in [1.807, 2.05) is 30.3 Å². The SMILES string of the molecule is O=C(CCc1ccccc1)Nc1nc(C(=O)NCCN2C(=O)CSC2=O)cs1. The minimum atomic E-state index is -0.423. The first kappa shape index (κ1) is 20.0. The van der Waals surface area contributed by atoms with E-state index in [4.69, 9.17) is 0 Å². The number of amides is 4. The van der Waals surface area contributed by atoms with Crippen LogP contribution in [0.15, 0.2) is 35.7 Å². The van der Waals surface area contributed by atoms with Crippen LogP contribution in [0.3, 0.4) is 0 Å². The number of imide groups is 1. The number of aromatic nitrogens is 1. The second-order valence-corrected chi connectivity index (χ2v) is 7.71. The van der Waals surface area contributed by atoms with Gasteiger partial charge in [-0.3, -0.25) is 24.1 Å². The fourth-order valence-corrected chi connectivity index (χ4v) is 3.95. The topological polar surface area (TPSA) is 108 Å². The number of hydrogen-bond acceptors (Lipinski definition) is 7. The van der Waals surface area contributed by atoms with E-state index < -0.39 is 5.91 Å². The quantitative estimate of drug-likeness (QED) is 0.680. The Labute approximate surface area is 169 Å². The van der Waals surface area contributed by atoms with Crippen molar-refractivity contribution in [3.05, 3.63) is 47.0 Å². The summed E-state index contributed by atoms with van der Waals surface area (Å²) in [5, 5.41) is 6.90. The third-order valence-electron chi connectivity index (χ3n) is 3.93. The Morgan fingerprint density at radius 2 is 1.96 bits per heavy atom. The number of benzene rings is 1. The number of rotatable bonds is 8. The van der Waals surface area contributed by atoms with E-state index in [2.05, 4.69) is 15.6 Å². The largest absolute Gasteiger partial charge is 0.349 e. The molecule has 1 aliphatic rings. The normalized spacial score (nSPS) is 13.6. The molecule has 2 heterocycles. The second-order valence-electron chi connectivity index (χ2n) is 5.93. The molecule has 0 saturated carbocycles. The number of anilines is 1. The minimum Gasteiger partial charge on any atom is -0.349 e. The molecule has 2 aromatic rings. The van der Waals surface area contributed by atoms with E-state index >= 15 is 0 Å². The Kier molecular flexibility index (Phi) is 6.77. The molecule has 0 unspecified atom stereocenters. The number of thioether (sulfide) groups is 1. The molecule has 1 aliphatic heterocycles. The van der Waals surface area contributed by atoms with Gasteiger partial charge in [-0.25, -0.2) is 4.98 Å². The maximum Gasteiger partial charge on any atom is 0.288 e. The molecule has 0 radical (unpaired) electrons. The van der Waals surface area contributed by atoms with Crippen LogP contribution in [0.1, 0.15) is 22.5 Å². The zero-order valence-corrected chi connectivity index (χ0v) is 16.5. The van der Waals surface area contributed by atoms with Gasteiger partial charge in [-0.05, 0) is 12.0 Å². The molecule has 2 N–H and O–H groups in total. The van der Waals surface area contributed by atoms with Gasteiger partial charge in [0.05, 0.1) is 5.75 Å². The Bertz CT molecular complexity index is 869. The third kappa shape index (κ3) is 5.40. The maximum absolute atomic E-state index is 12.1. The van der Waals surface area contributed by atoms with Crippen molar-refractivity contribution in [3.8, 4) is 0 Å². The highest BCUT2D eigenvalue weighted by Gasteiger charge is 2.29. The van der Waals surface area contributed by atoms with Crippen molar-refractivity contribution >= 4 is 51.2 Å². The summed E-state index contributed by atoms with van der Waals surface area (Å²) in [5.41, 5.74) is 1.25. The summed E-state index contributed by atoms with van der Waals surface area (Å²) in [6, 6.07) is 9.69. The monoisotopic (exact) mass is 418 g/mol. The molecule has 1 saturated heterocycles. The van der Waals surface area contributed by atoms with E-state index in [1.165, 1.54) is 0 Å². The summed E-state index contributed by atoms with van der Waals surface area (Å²) in [6.07, 6.45) is 0.943. The van der Waals surface area contributed by atoms with Crippen molar-refractivity contribution in [2.75, 3.05) is 24.2 Å². The molecule has 0 atom stereocenters. The molecule has 1 aromatic heterocycles. The highest BCUT2D eigenvalue weighted by atomic mass is 32.2. The van der Waals surface area contributed by atoms with Crippen LogP contribution >= 0.6 is 23.1 Å². The molecule has 3 rings (SSSR count). The summed E-state index contributed by atoms with van der Waals surface area (Å²) in [6.45, 7) is 0.275. The molecule has 1 fully saturated rings. The van der Waals surface area contributed by atoms with Crippen LogP contribution in [0.25, 0.3) is 0 Å². The number of carbonyl (C=O) groups excluding carboxylic acids is 4. The van der Waals surface area contributed by atoms with Crippen LogP contribution in [-0.2, 0) is 16.0 Å². The summed E-state index contributed by atoms with van der Waals surface area (Å²) >= 11 is 2.12. The summed E-state index contributed by atoms with van der Waals surface area (Å²) in [7, 11) is 0. The molecule has 0 spiro atoms. The van der Waals surface area contributed by atoms with E-state index in [1.54, 1.807) is 5.38 Å². The maximum atomic E-state index is 12.1. The van der Waals surface area contributed by atoms with Crippen LogP contribution in [0.5, 0.6) is 0 Å². The first-order valence-electron chi connectivity index (χ1n) is 8.57. The highest BCUT2D eigenvalue weighted by molar-refractivity contribution is 8.14. The standard InChI is InChI=1S/C18H18N4O4S2/c23-14(7-6-12-4-2-1-3-5-12)21-17-20-13(10-27-17)16(25)19-8-9-22-15(24)11-28-18(22)26/h1-5,10H,6-9,11H2,(H,19,25)(H,20,21,23). The predicted molar refractivity (Wildman–Crippen MR) is 107 cm³/mol. The van der Waals surface area contributed by atoms with Crippen LogP contribution in [0.4, 0.5) is 9.93 Å². The van der Waals surface area contributed by atoms with E-state index in [9.17, 15) is 19.2 Å². The lowest BCUT2D eigenvalue weighted by Crippen LogP contribution is -2.37. The summed E-state index contributed by atoms with van der Waals surface area (Å²) in [5.74, 6) is -0.702. The van der Waals surface area contributed by atoms with Crippen molar-refractivity contribution in [3.63, 3.8) is 0 Å². The van der Waals surface area contributed by atoms with Gasteiger partial charge in [0.15, 0.2) is 5.13 Å². The van der Waals surface area contributed by atoms with Crippen molar-refractivity contribution in [2.24, 2.45) is 0 Å². The number of thiazole rings is 1. The van der Waals surface area contributed by atoms with Gasteiger partial charge in [0.2, 0.25) is 11.8 Å². The fraction of sp³-hybridized carbons (Fsp3) is 0.278. The number of hydrogen-bond donors (Lipinski definition) is 2. The lowest BCUT2D eigenvalue weighted by Gasteiger charge is -2.12. The molecule has 146 valence electrons. The van der Waals surface area contributed by atoms with Crippen molar-refractivity contribution < 1.29 is 19.2 Å². The Hall–Kier alpha value is -2.72. The van der Waals surface area contributed by atoms with Crippen LogP contribution in [-0.4, -0.2) is 51.7 Å². The molecule has 0 bridgehead atoms. The molecular weight excluding hydrogens is 400 g/mol. The number of nitrogens with one attached hydrogen (secondary N) is 2. The summed E-state index contributed by atoms with van der Waals surface area (Å²) in [4.78, 5) is 52.4. The van der Waals surface area contributed by atoms with Gasteiger partial charge >= 0.3 is 0 Å². The highest BCUT2D eigenvalue weighted by Crippen LogP contribution is 2.18. The average Bonchev–Trinajstić information content (AvgIpc) is 3.28. The first-order chi connectivity index (χ1) is 13.5. The third-order valence-corrected chi connectivity index (χ3v) is 5.54. The van der Waals surface area contributed by atoms with Crippen molar-refractivity contribution in [2.45, 2.75) is 12.8 Å². The van der Waals surface area contributed by atoms with E-state index in [0.29, 0.717) is 18.0 Å². The van der Waals surface area contributed by atoms with Crippen LogP contribution in [0, 0.1) is 0 Å². The molecule has 4 amide bonds. The lowest BCUT2D eigenvalue weighted by atomic mass is 10.1. The lowest BCUT2D eigenvalue weighted by molar-refractivity contribution is -0.124. The average molecular weight is 419 g/mol. The van der Waals surface area contributed by atoms with Gasteiger partial charge in [-0.2, -0.15) is 0 Å². The van der Waals surface area contributed by atoms with Gasteiger partial charge in [-0.15, -0.1) is 11.3 Å². The van der Waals surface area contributed by atoms with Gasteiger partial charge in [0.25, 0.3) is 11.1 Å². The summed E-state index contributed by atoms with van der Waals surface area (Å²) < 4.78 is 0. The van der Waals surface area contributed by atoms with Crippen molar-refractivity contribution in [1.82, 2.24) is 15.2 Å². The zero-order chi connectivity index (χ0) is 19.9. The van der Waals surface area contributed by atoms with Gasteiger partial charge < -0.3 is 10.6 Å². The smallest absolute Gasteiger partial charge is 0.288 e. The molecule has 8 nitrogen and oxygen atoms in total. The van der Waals surface area contributed by atoms with E-state index in [-0.39, 0.29) is 41.6 Å². The van der Waals surface area contributed by atoms with Crippen LogP contribution in [0.2, 0.25) is 0 Å². The molecule has 10 heteroatoms. The number of nitrogens with zero attached hydrogens (tertiary/aromatic N) is 2. The van der Waals surface area contributed by atoms with Gasteiger partial charge in [-0.1, -0.05) is 42.1 Å². The minimum absolute atomic E-state index is 0.129. The molecule has 0 aliphatic carbocycles. The fourth-order valence-electron chi connectivity index (χ4n) is 2.49. The Morgan fingerprint density at radius 3 is 2.68 bits per heavy atom. The predicted octanol–water partition coefficient (Wildman–Crippen LogP) is 2.14. The zero-order valence-electron chi connectivity index (χ0n) is 14.8.